The molecule has 1 aliphatic rings. The second-order valence-electron chi connectivity index (χ2n) is 3.62. The molecule has 0 spiro atoms. The van der Waals surface area contributed by atoms with Crippen molar-refractivity contribution in [3.63, 3.8) is 0 Å². The van der Waals surface area contributed by atoms with Crippen LogP contribution in [0.5, 0.6) is 0 Å². The largest absolute Gasteiger partial charge is 0.443 e. The molecule has 0 saturated carbocycles. The van der Waals surface area contributed by atoms with Crippen LogP contribution in [0, 0.1) is 5.82 Å². The molecule has 1 amide bonds. The predicted molar refractivity (Wildman–Crippen MR) is 63.5 cm³/mol. The Morgan fingerprint density at radius 1 is 1.39 bits per heavy atom. The van der Waals surface area contributed by atoms with Crippen molar-refractivity contribution < 1.29 is 22.7 Å². The van der Waals surface area contributed by atoms with E-state index >= 15 is 0 Å². The molecule has 0 aliphatic carbocycles. The van der Waals surface area contributed by atoms with E-state index in [4.69, 9.17) is 0 Å². The zero-order valence-electron chi connectivity index (χ0n) is 8.75. The number of carbonyl (C=O) groups excluding carboxylic acids is 1. The van der Waals surface area contributed by atoms with Gasteiger partial charge in [0.2, 0.25) is 0 Å². The lowest BCUT2D eigenvalue weighted by Crippen LogP contribution is -2.49. The molecule has 1 aromatic carbocycles. The summed E-state index contributed by atoms with van der Waals surface area (Å²) in [6.45, 7) is -1.02. The number of rotatable bonds is 1. The summed E-state index contributed by atoms with van der Waals surface area (Å²) in [7, 11) is 0. The second kappa shape index (κ2) is 5.36. The van der Waals surface area contributed by atoms with E-state index in [0.717, 1.165) is 12.1 Å². The minimum atomic E-state index is -3.28. The first-order valence-electron chi connectivity index (χ1n) is 4.65. The summed E-state index contributed by atoms with van der Waals surface area (Å²) < 4.78 is 44.7. The summed E-state index contributed by atoms with van der Waals surface area (Å²) in [4.78, 5) is 10.9. The van der Waals surface area contributed by atoms with E-state index in [1.807, 2.05) is 5.32 Å². The Bertz CT molecular complexity index is 452. The molecule has 0 radical (unpaired) electrons. The van der Waals surface area contributed by atoms with Crippen LogP contribution in [-0.4, -0.2) is 18.6 Å². The highest BCUT2D eigenvalue weighted by Gasteiger charge is 2.46. The van der Waals surface area contributed by atoms with Gasteiger partial charge in [0.15, 0.2) is 6.61 Å². The third-order valence-electron chi connectivity index (χ3n) is 2.30. The molecule has 8 heteroatoms. The first kappa shape index (κ1) is 15.1. The lowest BCUT2D eigenvalue weighted by Gasteiger charge is -2.31. The Morgan fingerprint density at radius 3 is 2.67 bits per heavy atom. The molecule has 0 unspecified atom stereocenters. The van der Waals surface area contributed by atoms with Crippen molar-refractivity contribution in [1.29, 1.82) is 0 Å². The fourth-order valence-corrected chi connectivity index (χ4v) is 2.06. The normalized spacial score (nSPS) is 21.6. The maximum Gasteiger partial charge on any atom is 0.408 e. The standard InChI is InChI=1S/C10H7BrF3NO2.ClH/c11-6-1-5(2-7(12)3-6)8-10(13,14)4-17-9(16)15-8;/h1-3,8H,4H2,(H,15,16);1H/t8-;/m1./s1. The molecule has 1 fully saturated rings. The zero-order chi connectivity index (χ0) is 12.6. The quantitative estimate of drug-likeness (QED) is 0.846. The topological polar surface area (TPSA) is 38.3 Å². The lowest BCUT2D eigenvalue weighted by molar-refractivity contribution is -0.104. The highest BCUT2D eigenvalue weighted by atomic mass is 79.9. The summed E-state index contributed by atoms with van der Waals surface area (Å²) in [6.07, 6.45) is -0.943. The van der Waals surface area contributed by atoms with Crippen LogP contribution in [0.4, 0.5) is 18.0 Å². The van der Waals surface area contributed by atoms with E-state index < -0.39 is 30.5 Å². The minimum Gasteiger partial charge on any atom is -0.443 e. The predicted octanol–water partition coefficient (Wildman–Crippen LogP) is 3.43. The molecule has 1 N–H and O–H groups in total. The molecule has 3 nitrogen and oxygen atoms in total. The van der Waals surface area contributed by atoms with Gasteiger partial charge in [0.05, 0.1) is 0 Å². The number of halogens is 5. The Hall–Kier alpha value is -0.950. The average molecular weight is 347 g/mol. The minimum absolute atomic E-state index is 0. The molecule has 1 atom stereocenters. The lowest BCUT2D eigenvalue weighted by atomic mass is 10.00. The molecule has 2 rings (SSSR count). The number of alkyl carbamates (subject to hydrolysis) is 1. The van der Waals surface area contributed by atoms with Gasteiger partial charge in [-0.15, -0.1) is 12.4 Å². The molecule has 1 heterocycles. The van der Waals surface area contributed by atoms with Crippen LogP contribution < -0.4 is 5.32 Å². The summed E-state index contributed by atoms with van der Waals surface area (Å²) >= 11 is 3.00. The fraction of sp³-hybridized carbons (Fsp3) is 0.300. The van der Waals surface area contributed by atoms with Crippen LogP contribution in [0.1, 0.15) is 11.6 Å². The van der Waals surface area contributed by atoms with Crippen LogP contribution in [0.3, 0.4) is 0 Å². The van der Waals surface area contributed by atoms with Crippen molar-refractivity contribution in [1.82, 2.24) is 5.32 Å². The molecule has 0 aromatic heterocycles. The van der Waals surface area contributed by atoms with Crippen LogP contribution in [-0.2, 0) is 4.74 Å². The molecule has 0 bridgehead atoms. The first-order valence-corrected chi connectivity index (χ1v) is 5.45. The van der Waals surface area contributed by atoms with Crippen molar-refractivity contribution in [3.8, 4) is 0 Å². The van der Waals surface area contributed by atoms with Gasteiger partial charge in [-0.25, -0.2) is 18.0 Å². The number of cyclic esters (lactones) is 1. The van der Waals surface area contributed by atoms with E-state index in [2.05, 4.69) is 20.7 Å². The number of hydrogen-bond donors (Lipinski definition) is 1. The molecule has 1 aromatic rings. The van der Waals surface area contributed by atoms with Gasteiger partial charge in [0.25, 0.3) is 0 Å². The number of carbonyl (C=O) groups is 1. The van der Waals surface area contributed by atoms with Crippen LogP contribution in [0.2, 0.25) is 0 Å². The summed E-state index contributed by atoms with van der Waals surface area (Å²) in [5.74, 6) is -3.94. The van der Waals surface area contributed by atoms with Crippen molar-refractivity contribution in [2.75, 3.05) is 6.61 Å². The fourth-order valence-electron chi connectivity index (χ4n) is 1.58. The van der Waals surface area contributed by atoms with Gasteiger partial charge < -0.3 is 10.1 Å². The van der Waals surface area contributed by atoms with Crippen LogP contribution in [0.25, 0.3) is 0 Å². The number of benzene rings is 1. The summed E-state index contributed by atoms with van der Waals surface area (Å²) in [5.41, 5.74) is -0.0153. The van der Waals surface area contributed by atoms with Gasteiger partial charge in [-0.1, -0.05) is 15.9 Å². The van der Waals surface area contributed by atoms with Gasteiger partial charge in [0, 0.05) is 4.47 Å². The Kier molecular flexibility index (Phi) is 4.50. The van der Waals surface area contributed by atoms with Gasteiger partial charge >= 0.3 is 12.0 Å². The third kappa shape index (κ3) is 3.08. The first-order chi connectivity index (χ1) is 7.88. The van der Waals surface area contributed by atoms with Crippen molar-refractivity contribution in [3.05, 3.63) is 34.1 Å². The molecule has 18 heavy (non-hydrogen) atoms. The van der Waals surface area contributed by atoms with E-state index in [9.17, 15) is 18.0 Å². The molecule has 1 saturated heterocycles. The van der Waals surface area contributed by atoms with E-state index in [1.165, 1.54) is 6.07 Å². The molecule has 100 valence electrons. The van der Waals surface area contributed by atoms with E-state index in [0.29, 0.717) is 4.47 Å². The summed E-state index contributed by atoms with van der Waals surface area (Å²) in [5, 5.41) is 1.98. The van der Waals surface area contributed by atoms with Crippen molar-refractivity contribution in [2.45, 2.75) is 12.0 Å². The smallest absolute Gasteiger partial charge is 0.408 e. The highest BCUT2D eigenvalue weighted by molar-refractivity contribution is 9.10. The summed E-state index contributed by atoms with van der Waals surface area (Å²) in [6, 6.07) is 1.83. The zero-order valence-corrected chi connectivity index (χ0v) is 11.2. The Balaban J connectivity index is 0.00000162. The Morgan fingerprint density at radius 2 is 2.06 bits per heavy atom. The van der Waals surface area contributed by atoms with Crippen LogP contribution >= 0.6 is 28.3 Å². The van der Waals surface area contributed by atoms with Gasteiger partial charge in [-0.3, -0.25) is 0 Å². The van der Waals surface area contributed by atoms with Crippen molar-refractivity contribution in [2.24, 2.45) is 0 Å². The Labute approximate surface area is 115 Å². The number of amides is 1. The third-order valence-corrected chi connectivity index (χ3v) is 2.76. The monoisotopic (exact) mass is 345 g/mol. The van der Waals surface area contributed by atoms with Gasteiger partial charge in [0.1, 0.15) is 11.9 Å². The van der Waals surface area contributed by atoms with E-state index in [-0.39, 0.29) is 18.0 Å². The molecule has 1 aliphatic heterocycles. The van der Waals surface area contributed by atoms with Gasteiger partial charge in [-0.05, 0) is 23.8 Å². The molecular weight excluding hydrogens is 338 g/mol. The van der Waals surface area contributed by atoms with Crippen LogP contribution in [0.15, 0.2) is 22.7 Å². The maximum absolute atomic E-state index is 13.5. The number of alkyl halides is 2. The van der Waals surface area contributed by atoms with E-state index in [1.54, 1.807) is 0 Å². The average Bonchev–Trinajstić information content (AvgIpc) is 2.20. The van der Waals surface area contributed by atoms with Crippen molar-refractivity contribution >= 4 is 34.4 Å². The molecular formula is C10H8BrClF3NO2. The number of ether oxygens (including phenoxy) is 1. The maximum atomic E-state index is 13.5. The second-order valence-corrected chi connectivity index (χ2v) is 4.53. The SMILES string of the molecule is Cl.O=C1N[C@H](c2cc(F)cc(Br)c2)C(F)(F)CO1. The number of nitrogens with one attached hydrogen (secondary N) is 1. The number of hydrogen-bond acceptors (Lipinski definition) is 2. The highest BCUT2D eigenvalue weighted by Crippen LogP contribution is 2.35. The van der Waals surface area contributed by atoms with Gasteiger partial charge in [-0.2, -0.15) is 0 Å².